The molecule has 0 aliphatic rings. The first kappa shape index (κ1) is 19.9. The number of hydrogen-bond donors (Lipinski definition) is 2. The van der Waals surface area contributed by atoms with Crippen LogP contribution in [0.4, 0.5) is 11.4 Å². The van der Waals surface area contributed by atoms with Gasteiger partial charge >= 0.3 is 0 Å². The lowest BCUT2D eigenvalue weighted by molar-refractivity contribution is 0.414. The second-order valence-electron chi connectivity index (χ2n) is 6.95. The van der Waals surface area contributed by atoms with E-state index in [-0.39, 0.29) is 0 Å². The molecule has 0 aliphatic heterocycles. The van der Waals surface area contributed by atoms with E-state index < -0.39 is 0 Å². The van der Waals surface area contributed by atoms with Crippen LogP contribution in [-0.2, 0) is 6.54 Å². The Morgan fingerprint density at radius 2 is 1.86 bits per heavy atom. The van der Waals surface area contributed by atoms with E-state index in [0.717, 1.165) is 39.6 Å². The number of hydrogen-bond acceptors (Lipinski definition) is 3. The second kappa shape index (κ2) is 8.44. The van der Waals surface area contributed by atoms with Gasteiger partial charge in [0, 0.05) is 5.69 Å². The van der Waals surface area contributed by atoms with Gasteiger partial charge in [-0.25, -0.2) is 0 Å². The molecule has 3 aromatic rings. The highest BCUT2D eigenvalue weighted by molar-refractivity contribution is 7.80. The van der Waals surface area contributed by atoms with Crippen LogP contribution >= 0.6 is 12.2 Å². The van der Waals surface area contributed by atoms with Crippen molar-refractivity contribution in [2.45, 2.75) is 34.2 Å². The lowest BCUT2D eigenvalue weighted by Crippen LogP contribution is -2.20. The van der Waals surface area contributed by atoms with Crippen LogP contribution in [0.2, 0.25) is 0 Å². The summed E-state index contributed by atoms with van der Waals surface area (Å²) in [6, 6.07) is 14.3. The Morgan fingerprint density at radius 1 is 1.07 bits per heavy atom. The lowest BCUT2D eigenvalue weighted by Gasteiger charge is -2.13. The molecule has 0 spiro atoms. The van der Waals surface area contributed by atoms with Crippen LogP contribution < -0.4 is 15.4 Å². The summed E-state index contributed by atoms with van der Waals surface area (Å²) in [4.78, 5) is 0. The summed E-state index contributed by atoms with van der Waals surface area (Å²) in [5.41, 5.74) is 7.40. The molecule has 146 valence electrons. The van der Waals surface area contributed by atoms with Gasteiger partial charge in [0.05, 0.1) is 30.7 Å². The van der Waals surface area contributed by atoms with Crippen LogP contribution in [-0.4, -0.2) is 22.0 Å². The van der Waals surface area contributed by atoms with Crippen molar-refractivity contribution in [1.29, 1.82) is 0 Å². The van der Waals surface area contributed by atoms with Crippen molar-refractivity contribution in [1.82, 2.24) is 9.78 Å². The average Bonchev–Trinajstić information content (AvgIpc) is 2.91. The Kier molecular flexibility index (Phi) is 5.99. The Morgan fingerprint density at radius 3 is 2.57 bits per heavy atom. The topological polar surface area (TPSA) is 51.1 Å². The molecule has 0 saturated carbocycles. The van der Waals surface area contributed by atoms with E-state index in [1.165, 1.54) is 5.56 Å². The molecular weight excluding hydrogens is 368 g/mol. The third kappa shape index (κ3) is 4.51. The van der Waals surface area contributed by atoms with Gasteiger partial charge in [-0.15, -0.1) is 0 Å². The molecular formula is C22H26N4OS. The van der Waals surface area contributed by atoms with E-state index in [2.05, 4.69) is 47.8 Å². The highest BCUT2D eigenvalue weighted by atomic mass is 32.1. The second-order valence-corrected chi connectivity index (χ2v) is 7.36. The first-order valence-electron chi connectivity index (χ1n) is 9.19. The third-order valence-electron chi connectivity index (χ3n) is 4.72. The number of anilines is 2. The maximum absolute atomic E-state index is 5.53. The molecule has 6 heteroatoms. The average molecular weight is 395 g/mol. The van der Waals surface area contributed by atoms with Gasteiger partial charge in [0.1, 0.15) is 5.75 Å². The van der Waals surface area contributed by atoms with Gasteiger partial charge in [-0.3, -0.25) is 4.68 Å². The van der Waals surface area contributed by atoms with Crippen molar-refractivity contribution >= 4 is 28.7 Å². The molecule has 0 fully saturated rings. The van der Waals surface area contributed by atoms with E-state index in [0.29, 0.717) is 11.7 Å². The maximum atomic E-state index is 5.53. The van der Waals surface area contributed by atoms with Crippen molar-refractivity contribution in [2.24, 2.45) is 0 Å². The predicted molar refractivity (Wildman–Crippen MR) is 120 cm³/mol. The van der Waals surface area contributed by atoms with Gasteiger partial charge in [0.15, 0.2) is 5.11 Å². The molecule has 0 radical (unpaired) electrons. The Hall–Kier alpha value is -2.86. The van der Waals surface area contributed by atoms with Crippen LogP contribution in [0, 0.1) is 27.7 Å². The Balaban J connectivity index is 1.74. The number of benzene rings is 2. The molecule has 0 saturated heterocycles. The quantitative estimate of drug-likeness (QED) is 0.598. The molecule has 5 nitrogen and oxygen atoms in total. The van der Waals surface area contributed by atoms with Gasteiger partial charge in [-0.05, 0) is 69.2 Å². The molecule has 28 heavy (non-hydrogen) atoms. The smallest absolute Gasteiger partial charge is 0.175 e. The number of nitrogens with zero attached hydrogens (tertiary/aromatic N) is 2. The van der Waals surface area contributed by atoms with Crippen LogP contribution in [0.3, 0.4) is 0 Å². The fourth-order valence-electron chi connectivity index (χ4n) is 3.20. The van der Waals surface area contributed by atoms with Crippen LogP contribution in [0.25, 0.3) is 0 Å². The molecule has 2 aromatic carbocycles. The Labute approximate surface area is 171 Å². The van der Waals surface area contributed by atoms with E-state index in [9.17, 15) is 0 Å². The summed E-state index contributed by atoms with van der Waals surface area (Å²) in [6.07, 6.45) is 0. The van der Waals surface area contributed by atoms with Gasteiger partial charge < -0.3 is 15.4 Å². The minimum Gasteiger partial charge on any atom is -0.497 e. The molecule has 0 amide bonds. The highest BCUT2D eigenvalue weighted by Gasteiger charge is 2.14. The summed E-state index contributed by atoms with van der Waals surface area (Å²) < 4.78 is 7.29. The highest BCUT2D eigenvalue weighted by Crippen LogP contribution is 2.23. The zero-order valence-corrected chi connectivity index (χ0v) is 17.8. The van der Waals surface area contributed by atoms with E-state index in [4.69, 9.17) is 17.0 Å². The van der Waals surface area contributed by atoms with E-state index >= 15 is 0 Å². The number of thiocarbonyl (C=S) groups is 1. The summed E-state index contributed by atoms with van der Waals surface area (Å²) >= 11 is 5.53. The number of nitrogens with one attached hydrogen (secondary N) is 2. The maximum Gasteiger partial charge on any atom is 0.175 e. The number of methoxy groups -OCH3 is 1. The number of aromatic nitrogens is 2. The zero-order chi connectivity index (χ0) is 20.3. The minimum atomic E-state index is 0.555. The summed E-state index contributed by atoms with van der Waals surface area (Å²) in [6.45, 7) is 8.85. The summed E-state index contributed by atoms with van der Waals surface area (Å²) in [7, 11) is 1.67. The first-order valence-corrected chi connectivity index (χ1v) is 9.60. The lowest BCUT2D eigenvalue weighted by atomic mass is 10.1. The van der Waals surface area contributed by atoms with E-state index in [1.807, 2.05) is 42.8 Å². The molecule has 0 atom stereocenters. The van der Waals surface area contributed by atoms with Crippen molar-refractivity contribution in [2.75, 3.05) is 17.7 Å². The standard InChI is InChI=1S/C22H26N4OS/c1-14-9-10-20(15(2)11-14)23-22(28)24-21-16(3)25-26(17(21)4)13-18-7-6-8-19(12-18)27-5/h6-12H,13H2,1-5H3,(H2,23,24,28). The SMILES string of the molecule is COc1cccc(Cn2nc(C)c(NC(=S)Nc3ccc(C)cc3C)c2C)c1. The molecule has 0 unspecified atom stereocenters. The largest absolute Gasteiger partial charge is 0.497 e. The molecule has 1 aromatic heterocycles. The van der Waals surface area contributed by atoms with Crippen LogP contribution in [0.15, 0.2) is 42.5 Å². The first-order chi connectivity index (χ1) is 13.4. The normalized spacial score (nSPS) is 10.6. The summed E-state index contributed by atoms with van der Waals surface area (Å²) in [5.74, 6) is 0.844. The van der Waals surface area contributed by atoms with Crippen LogP contribution in [0.1, 0.15) is 28.1 Å². The fourth-order valence-corrected chi connectivity index (χ4v) is 3.41. The van der Waals surface area contributed by atoms with Crippen LogP contribution in [0.5, 0.6) is 5.75 Å². The molecule has 1 heterocycles. The van der Waals surface area contributed by atoms with Gasteiger partial charge in [-0.2, -0.15) is 5.10 Å². The predicted octanol–water partition coefficient (Wildman–Crippen LogP) is 4.98. The van der Waals surface area contributed by atoms with Crippen molar-refractivity contribution in [3.63, 3.8) is 0 Å². The molecule has 3 rings (SSSR count). The molecule has 0 bridgehead atoms. The van der Waals surface area contributed by atoms with Crippen molar-refractivity contribution < 1.29 is 4.74 Å². The van der Waals surface area contributed by atoms with Crippen molar-refractivity contribution in [3.05, 3.63) is 70.5 Å². The minimum absolute atomic E-state index is 0.555. The van der Waals surface area contributed by atoms with Gasteiger partial charge in [0.25, 0.3) is 0 Å². The monoisotopic (exact) mass is 394 g/mol. The van der Waals surface area contributed by atoms with Gasteiger partial charge in [0.2, 0.25) is 0 Å². The Bertz CT molecular complexity index is 1010. The third-order valence-corrected chi connectivity index (χ3v) is 4.92. The zero-order valence-electron chi connectivity index (χ0n) is 17.0. The number of rotatable bonds is 5. The van der Waals surface area contributed by atoms with Crippen molar-refractivity contribution in [3.8, 4) is 5.75 Å². The fraction of sp³-hybridized carbons (Fsp3) is 0.273. The molecule has 0 aliphatic carbocycles. The van der Waals surface area contributed by atoms with E-state index in [1.54, 1.807) is 7.11 Å². The number of aryl methyl sites for hydroxylation is 3. The number of ether oxygens (including phenoxy) is 1. The molecule has 2 N–H and O–H groups in total. The van der Waals surface area contributed by atoms with Gasteiger partial charge in [-0.1, -0.05) is 29.8 Å². The summed E-state index contributed by atoms with van der Waals surface area (Å²) in [5, 5.41) is 11.8.